The third kappa shape index (κ3) is 7.04. The number of hydrazine groups is 4. The number of hydrogen-bond acceptors (Lipinski definition) is 12. The standard InChI is InChI=1S/H6N12O2S2/c1-5-9-13-11(7-3)15-16-12(8-4)14-10-6-2/h7-8H,3-4H2. The quantitative estimate of drug-likeness (QED) is 0.0831. The Morgan fingerprint density at radius 1 is 1.00 bits per heavy atom. The Hall–Kier alpha value is -1.32. The van der Waals surface area contributed by atoms with Gasteiger partial charge in [0.15, 0.2) is 0 Å². The summed E-state index contributed by atoms with van der Waals surface area (Å²) in [5, 5.41) is 5.49. The number of hydrogen-bond donors (Lipinski definition) is 4. The maximum Gasteiger partial charge on any atom is 0.134 e. The second kappa shape index (κ2) is 10.2. The van der Waals surface area contributed by atoms with Crippen LogP contribution in [0.25, 0.3) is 20.9 Å². The molecule has 90 valence electrons. The van der Waals surface area contributed by atoms with Crippen LogP contribution in [-0.2, 0) is 9.88 Å². The summed E-state index contributed by atoms with van der Waals surface area (Å²) < 4.78 is 1.52. The van der Waals surface area contributed by atoms with Gasteiger partial charge in [0.25, 0.3) is 0 Å². The van der Waals surface area contributed by atoms with Crippen molar-refractivity contribution in [2.75, 3.05) is 0 Å². The van der Waals surface area contributed by atoms with Crippen LogP contribution in [0.5, 0.6) is 0 Å². The predicted molar refractivity (Wildman–Crippen MR) is 54.0 cm³/mol. The van der Waals surface area contributed by atoms with Crippen molar-refractivity contribution in [1.29, 1.82) is 0 Å². The normalized spacial score (nSPS) is 9.50. The zero-order chi connectivity index (χ0) is 12.2. The summed E-state index contributed by atoms with van der Waals surface area (Å²) in [6.45, 7) is 0. The van der Waals surface area contributed by atoms with Crippen LogP contribution in [0.2, 0.25) is 0 Å². The van der Waals surface area contributed by atoms with Crippen LogP contribution in [0.1, 0.15) is 0 Å². The minimum absolute atomic E-state index is 0.747. The van der Waals surface area contributed by atoms with Gasteiger partial charge in [-0.1, -0.05) is 0 Å². The van der Waals surface area contributed by atoms with Crippen molar-refractivity contribution >= 4 is 22.0 Å². The molecule has 16 heavy (non-hydrogen) atoms. The molecule has 0 fully saturated rings. The average Bonchev–Trinajstić information content (AvgIpc) is 2.33. The molecule has 0 aliphatic heterocycles. The van der Waals surface area contributed by atoms with Gasteiger partial charge in [-0.3, -0.25) is 11.7 Å². The Kier molecular flexibility index (Phi) is 9.36. The van der Waals surface area contributed by atoms with Crippen LogP contribution in [0.4, 0.5) is 0 Å². The lowest BCUT2D eigenvalue weighted by atomic mass is 12.5. The fourth-order valence-electron chi connectivity index (χ4n) is 0.277. The molecular weight excluding hydrogens is 264 g/mol. The molecule has 0 aromatic heterocycles. The number of nitrogens with two attached hydrogens (primary N) is 2. The smallest absolute Gasteiger partial charge is 0.134 e. The number of rotatable bonds is 9. The molecule has 16 heteroatoms. The first-order chi connectivity index (χ1) is 7.78. The van der Waals surface area contributed by atoms with E-state index in [2.05, 4.69) is 30.3 Å². The van der Waals surface area contributed by atoms with Gasteiger partial charge in [-0.2, -0.15) is 0 Å². The van der Waals surface area contributed by atoms with Gasteiger partial charge < -0.3 is 9.88 Å². The Balaban J connectivity index is 3.95. The first-order valence-electron chi connectivity index (χ1n) is 3.09. The van der Waals surface area contributed by atoms with Crippen LogP contribution in [-0.4, -0.2) is 9.16 Å². The summed E-state index contributed by atoms with van der Waals surface area (Å²) in [6, 6.07) is 0. The van der Waals surface area contributed by atoms with E-state index in [1.54, 1.807) is 0 Å². The number of nitrogens with one attached hydrogen (secondary N) is 2. The van der Waals surface area contributed by atoms with Crippen molar-refractivity contribution in [2.24, 2.45) is 22.2 Å². The molecule has 0 heterocycles. The first-order valence-corrected chi connectivity index (χ1v) is 5.15. The molecule has 6 N–H and O–H groups in total. The minimum atomic E-state index is 0.747. The van der Waals surface area contributed by atoms with E-state index in [4.69, 9.17) is 22.7 Å². The molecule has 0 radical (unpaired) electrons. The lowest BCUT2D eigenvalue weighted by molar-refractivity contribution is -0.117. The van der Waals surface area contributed by atoms with Crippen LogP contribution in [0.15, 0.2) is 10.6 Å². The minimum Gasteiger partial charge on any atom is -0.305 e. The molecule has 0 saturated carbocycles. The fraction of sp³-hybridized carbons (Fsp3) is 0. The van der Waals surface area contributed by atoms with E-state index in [1.807, 2.05) is 11.1 Å². The van der Waals surface area contributed by atoms with E-state index in [0.717, 1.165) is 31.1 Å². The van der Waals surface area contributed by atoms with E-state index in [9.17, 15) is 0 Å². The van der Waals surface area contributed by atoms with Crippen LogP contribution < -0.4 is 22.8 Å². The van der Waals surface area contributed by atoms with Gasteiger partial charge in [0.05, 0.1) is 22.0 Å². The Labute approximate surface area is 95.8 Å². The summed E-state index contributed by atoms with van der Waals surface area (Å²) in [5.41, 5.74) is 19.9. The molecule has 14 nitrogen and oxygen atoms in total. The Morgan fingerprint density at radius 3 is 1.62 bits per heavy atom. The van der Waals surface area contributed by atoms with E-state index >= 15 is 0 Å². The third-order valence-electron chi connectivity index (χ3n) is 0.674. The van der Waals surface area contributed by atoms with Gasteiger partial charge in [-0.15, -0.1) is 11.1 Å². The summed E-state index contributed by atoms with van der Waals surface area (Å²) in [6.07, 6.45) is 0. The van der Waals surface area contributed by atoms with Gasteiger partial charge in [0.2, 0.25) is 0 Å². The molecule has 0 spiro atoms. The highest BCUT2D eigenvalue weighted by molar-refractivity contribution is 8.74. The second-order valence-corrected chi connectivity index (χ2v) is 3.28. The topological polar surface area (TPSA) is 199 Å². The maximum absolute atomic E-state index is 7.95. The molecular formula is H6N12O2S2. The number of nitrogens with zero attached hydrogens (tertiary/aromatic N) is 8. The third-order valence-corrected chi connectivity index (χ3v) is 2.37. The molecule has 0 bridgehead atoms. The zero-order valence-electron chi connectivity index (χ0n) is 7.37. The maximum atomic E-state index is 7.95. The largest absolute Gasteiger partial charge is 0.305 e. The van der Waals surface area contributed by atoms with Gasteiger partial charge in [0, 0.05) is 19.0 Å². The number of azide groups is 2. The van der Waals surface area contributed by atoms with Crippen molar-refractivity contribution in [3.8, 4) is 0 Å². The molecule has 0 aromatic rings. The molecule has 0 aliphatic carbocycles. The van der Waals surface area contributed by atoms with Crippen molar-refractivity contribution in [2.45, 2.75) is 0 Å². The Morgan fingerprint density at radius 2 is 1.38 bits per heavy atom. The molecule has 0 aliphatic rings. The monoisotopic (exact) mass is 270 g/mol. The molecule has 0 rings (SSSR count). The molecule has 0 unspecified atom stereocenters. The average molecular weight is 270 g/mol. The Bertz CT molecular complexity index is 238. The summed E-state index contributed by atoms with van der Waals surface area (Å²) >= 11 is 0. The van der Waals surface area contributed by atoms with Crippen molar-refractivity contribution < 1.29 is 9.88 Å². The van der Waals surface area contributed by atoms with Gasteiger partial charge >= 0.3 is 0 Å². The molecule has 0 saturated heterocycles. The van der Waals surface area contributed by atoms with Crippen LogP contribution >= 0.6 is 22.0 Å². The fourth-order valence-corrected chi connectivity index (χ4v) is 1.38. The molecule has 0 atom stereocenters. The second-order valence-electron chi connectivity index (χ2n) is 1.43. The summed E-state index contributed by atoms with van der Waals surface area (Å²) in [4.78, 5) is 13.3. The zero-order valence-corrected chi connectivity index (χ0v) is 9.00. The van der Waals surface area contributed by atoms with Gasteiger partial charge in [0.1, 0.15) is 10.6 Å². The highest BCUT2D eigenvalue weighted by Crippen LogP contribution is 2.26. The van der Waals surface area contributed by atoms with E-state index in [-0.39, 0.29) is 0 Å². The van der Waals surface area contributed by atoms with Crippen molar-refractivity contribution in [1.82, 2.24) is 20.2 Å². The summed E-state index contributed by atoms with van der Waals surface area (Å²) in [7, 11) is 1.49. The van der Waals surface area contributed by atoms with Crippen LogP contribution in [0.3, 0.4) is 0 Å². The SMILES string of the molecule is [N-]=[N+]=NON(NN)SSN(NN)ON=[N+]=[N-]. The molecule has 0 amide bonds. The summed E-state index contributed by atoms with van der Waals surface area (Å²) in [5.74, 6) is 9.96. The lowest BCUT2D eigenvalue weighted by Crippen LogP contribution is -2.39. The predicted octanol–water partition coefficient (Wildman–Crippen LogP) is -0.128. The van der Waals surface area contributed by atoms with Gasteiger partial charge in [-0.05, 0) is 11.1 Å². The molecule has 0 aromatic carbocycles. The van der Waals surface area contributed by atoms with E-state index in [1.165, 1.54) is 0 Å². The van der Waals surface area contributed by atoms with Crippen molar-refractivity contribution in [3.05, 3.63) is 20.9 Å². The van der Waals surface area contributed by atoms with E-state index < -0.39 is 0 Å². The highest BCUT2D eigenvalue weighted by atomic mass is 33.1. The van der Waals surface area contributed by atoms with E-state index in [0.29, 0.717) is 0 Å². The van der Waals surface area contributed by atoms with Crippen molar-refractivity contribution in [3.63, 3.8) is 0 Å². The highest BCUT2D eigenvalue weighted by Gasteiger charge is 2.10. The van der Waals surface area contributed by atoms with Crippen LogP contribution in [0, 0.1) is 0 Å². The lowest BCUT2D eigenvalue weighted by Gasteiger charge is -2.17. The van der Waals surface area contributed by atoms with Gasteiger partial charge in [-0.25, -0.2) is 0 Å². The first kappa shape index (κ1) is 14.7.